The Hall–Kier alpha value is -2.82. The highest BCUT2D eigenvalue weighted by Crippen LogP contribution is 2.20. The first-order valence-corrected chi connectivity index (χ1v) is 7.63. The van der Waals surface area contributed by atoms with Crippen LogP contribution in [0.3, 0.4) is 0 Å². The first kappa shape index (κ1) is 17.5. The molecule has 0 atom stereocenters. The quantitative estimate of drug-likeness (QED) is 0.827. The summed E-state index contributed by atoms with van der Waals surface area (Å²) in [6, 6.07) is 12.8. The molecule has 0 saturated carbocycles. The van der Waals surface area contributed by atoms with Gasteiger partial charge >= 0.3 is 5.97 Å². The Morgan fingerprint density at radius 2 is 1.79 bits per heavy atom. The molecule has 126 valence electrons. The molecule has 0 aliphatic carbocycles. The zero-order chi connectivity index (χ0) is 17.5. The summed E-state index contributed by atoms with van der Waals surface area (Å²) in [5, 5.41) is 2.68. The number of carbonyl (C=O) groups is 2. The lowest BCUT2D eigenvalue weighted by molar-refractivity contribution is -0.144. The van der Waals surface area contributed by atoms with Gasteiger partial charge < -0.3 is 14.8 Å². The van der Waals surface area contributed by atoms with E-state index in [-0.39, 0.29) is 24.9 Å². The van der Waals surface area contributed by atoms with Crippen LogP contribution >= 0.6 is 0 Å². The lowest BCUT2D eigenvalue weighted by Gasteiger charge is -2.10. The van der Waals surface area contributed by atoms with Gasteiger partial charge in [0.2, 0.25) is 5.91 Å². The van der Waals surface area contributed by atoms with Crippen LogP contribution in [0.4, 0.5) is 5.69 Å². The molecule has 0 bridgehead atoms. The first-order valence-electron chi connectivity index (χ1n) is 7.63. The summed E-state index contributed by atoms with van der Waals surface area (Å²) in [7, 11) is 1.59. The van der Waals surface area contributed by atoms with Crippen molar-refractivity contribution in [2.75, 3.05) is 12.4 Å². The molecule has 0 radical (unpaired) electrons. The lowest BCUT2D eigenvalue weighted by Crippen LogP contribution is -2.09. The number of hydrogen-bond donors (Lipinski definition) is 1. The molecule has 1 N–H and O–H groups in total. The Morgan fingerprint density at radius 1 is 1.08 bits per heavy atom. The maximum atomic E-state index is 12.0. The molecule has 2 rings (SSSR count). The number of esters is 1. The van der Waals surface area contributed by atoms with Crippen molar-refractivity contribution in [3.63, 3.8) is 0 Å². The molecular formula is C19H21NO4. The van der Waals surface area contributed by atoms with E-state index in [1.165, 1.54) is 6.92 Å². The molecule has 1 amide bonds. The minimum atomic E-state index is -0.314. The highest BCUT2D eigenvalue weighted by atomic mass is 16.5. The third-order valence-corrected chi connectivity index (χ3v) is 3.45. The monoisotopic (exact) mass is 327 g/mol. The van der Waals surface area contributed by atoms with Gasteiger partial charge in [-0.25, -0.2) is 0 Å². The van der Waals surface area contributed by atoms with Gasteiger partial charge in [0.1, 0.15) is 12.4 Å². The van der Waals surface area contributed by atoms with Crippen LogP contribution in [0.25, 0.3) is 0 Å². The van der Waals surface area contributed by atoms with Crippen molar-refractivity contribution in [1.29, 1.82) is 0 Å². The largest absolute Gasteiger partial charge is 0.496 e. The van der Waals surface area contributed by atoms with E-state index in [9.17, 15) is 9.59 Å². The summed E-state index contributed by atoms with van der Waals surface area (Å²) in [6.07, 6.45) is 0.175. The molecule has 0 saturated heterocycles. The van der Waals surface area contributed by atoms with Crippen molar-refractivity contribution >= 4 is 17.6 Å². The Labute approximate surface area is 141 Å². The SMILES string of the molecule is COc1ccc(C)cc1COC(=O)Cc1ccc(NC(C)=O)cc1. The van der Waals surface area contributed by atoms with E-state index < -0.39 is 0 Å². The molecule has 0 aromatic heterocycles. The number of methoxy groups -OCH3 is 1. The number of nitrogens with one attached hydrogen (secondary N) is 1. The highest BCUT2D eigenvalue weighted by Gasteiger charge is 2.09. The second-order valence-electron chi connectivity index (χ2n) is 5.53. The van der Waals surface area contributed by atoms with Crippen LogP contribution in [0, 0.1) is 6.92 Å². The van der Waals surface area contributed by atoms with E-state index in [2.05, 4.69) is 5.32 Å². The summed E-state index contributed by atoms with van der Waals surface area (Å²) in [5.74, 6) is 0.258. The van der Waals surface area contributed by atoms with Gasteiger partial charge in [-0.2, -0.15) is 0 Å². The third-order valence-electron chi connectivity index (χ3n) is 3.45. The Balaban J connectivity index is 1.91. The molecule has 0 unspecified atom stereocenters. The third kappa shape index (κ3) is 5.12. The Bertz CT molecular complexity index is 723. The number of anilines is 1. The van der Waals surface area contributed by atoms with Crippen molar-refractivity contribution in [2.24, 2.45) is 0 Å². The Morgan fingerprint density at radius 3 is 2.42 bits per heavy atom. The van der Waals surface area contributed by atoms with Crippen molar-refractivity contribution in [2.45, 2.75) is 26.9 Å². The standard InChI is InChI=1S/C19H21NO4/c1-13-4-9-18(23-3)16(10-13)12-24-19(22)11-15-5-7-17(8-6-15)20-14(2)21/h4-10H,11-12H2,1-3H3,(H,20,21). The molecule has 0 fully saturated rings. The van der Waals surface area contributed by atoms with Crippen LogP contribution in [0.5, 0.6) is 5.75 Å². The van der Waals surface area contributed by atoms with Gasteiger partial charge in [-0.3, -0.25) is 9.59 Å². The van der Waals surface area contributed by atoms with E-state index in [4.69, 9.17) is 9.47 Å². The van der Waals surface area contributed by atoms with Crippen molar-refractivity contribution in [3.8, 4) is 5.75 Å². The van der Waals surface area contributed by atoms with Crippen LogP contribution in [-0.4, -0.2) is 19.0 Å². The van der Waals surface area contributed by atoms with Crippen LogP contribution in [0.2, 0.25) is 0 Å². The second kappa shape index (κ2) is 8.15. The van der Waals surface area contributed by atoms with Crippen LogP contribution in [0.15, 0.2) is 42.5 Å². The van der Waals surface area contributed by atoms with E-state index in [0.717, 1.165) is 16.7 Å². The predicted octanol–water partition coefficient (Wildman–Crippen LogP) is 3.25. The Kier molecular flexibility index (Phi) is 5.95. The van der Waals surface area contributed by atoms with Crippen molar-refractivity contribution < 1.29 is 19.1 Å². The van der Waals surface area contributed by atoms with Gasteiger partial charge in [0.15, 0.2) is 0 Å². The van der Waals surface area contributed by atoms with Crippen molar-refractivity contribution in [1.82, 2.24) is 0 Å². The lowest BCUT2D eigenvalue weighted by atomic mass is 10.1. The molecule has 0 aliphatic heterocycles. The maximum absolute atomic E-state index is 12.0. The van der Waals surface area contributed by atoms with E-state index >= 15 is 0 Å². The average Bonchev–Trinajstić information content (AvgIpc) is 2.54. The average molecular weight is 327 g/mol. The van der Waals surface area contributed by atoms with Gasteiger partial charge in [-0.05, 0) is 36.8 Å². The fraction of sp³-hybridized carbons (Fsp3) is 0.263. The van der Waals surface area contributed by atoms with Gasteiger partial charge in [0, 0.05) is 18.2 Å². The number of aryl methyl sites for hydroxylation is 1. The van der Waals surface area contributed by atoms with Gasteiger partial charge in [0.25, 0.3) is 0 Å². The zero-order valence-corrected chi connectivity index (χ0v) is 14.1. The van der Waals surface area contributed by atoms with E-state index in [0.29, 0.717) is 11.4 Å². The van der Waals surface area contributed by atoms with E-state index in [1.54, 1.807) is 31.4 Å². The van der Waals surface area contributed by atoms with Gasteiger partial charge in [-0.1, -0.05) is 23.8 Å². The second-order valence-corrected chi connectivity index (χ2v) is 5.53. The molecule has 24 heavy (non-hydrogen) atoms. The molecular weight excluding hydrogens is 306 g/mol. The highest BCUT2D eigenvalue weighted by molar-refractivity contribution is 5.88. The first-order chi connectivity index (χ1) is 11.5. The topological polar surface area (TPSA) is 64.6 Å². The molecule has 0 spiro atoms. The molecule has 0 heterocycles. The van der Waals surface area contributed by atoms with E-state index in [1.807, 2.05) is 25.1 Å². The molecule has 2 aromatic carbocycles. The summed E-state index contributed by atoms with van der Waals surface area (Å²) in [5.41, 5.74) is 3.44. The smallest absolute Gasteiger partial charge is 0.310 e. The summed E-state index contributed by atoms with van der Waals surface area (Å²) < 4.78 is 10.6. The minimum Gasteiger partial charge on any atom is -0.496 e. The van der Waals surface area contributed by atoms with Crippen LogP contribution in [-0.2, 0) is 27.4 Å². The van der Waals surface area contributed by atoms with Crippen LogP contribution < -0.4 is 10.1 Å². The normalized spacial score (nSPS) is 10.1. The maximum Gasteiger partial charge on any atom is 0.310 e. The number of ether oxygens (including phenoxy) is 2. The van der Waals surface area contributed by atoms with Gasteiger partial charge in [0.05, 0.1) is 13.5 Å². The molecule has 5 heteroatoms. The summed E-state index contributed by atoms with van der Waals surface area (Å²) in [4.78, 5) is 23.0. The summed E-state index contributed by atoms with van der Waals surface area (Å²) >= 11 is 0. The number of rotatable bonds is 6. The number of benzene rings is 2. The summed E-state index contributed by atoms with van der Waals surface area (Å²) in [6.45, 7) is 3.60. The molecule has 0 aliphatic rings. The zero-order valence-electron chi connectivity index (χ0n) is 14.1. The number of carbonyl (C=O) groups excluding carboxylic acids is 2. The fourth-order valence-electron chi connectivity index (χ4n) is 2.31. The predicted molar refractivity (Wildman–Crippen MR) is 92.0 cm³/mol. The fourth-order valence-corrected chi connectivity index (χ4v) is 2.31. The van der Waals surface area contributed by atoms with Crippen molar-refractivity contribution in [3.05, 3.63) is 59.2 Å². The number of hydrogen-bond acceptors (Lipinski definition) is 4. The molecule has 2 aromatic rings. The molecule has 5 nitrogen and oxygen atoms in total. The van der Waals surface area contributed by atoms with Gasteiger partial charge in [-0.15, -0.1) is 0 Å². The van der Waals surface area contributed by atoms with Crippen LogP contribution in [0.1, 0.15) is 23.6 Å². The number of amides is 1. The minimum absolute atomic E-state index is 0.130.